The Morgan fingerprint density at radius 2 is 2.29 bits per heavy atom. The average Bonchev–Trinajstić information content (AvgIpc) is 2.34. The highest BCUT2D eigenvalue weighted by atomic mass is 16.6. The number of nitrogens with zero attached hydrogens (tertiary/aromatic N) is 1. The standard InChI is InChI=1S/C12H14N2O3/c1-3-4-7-13-9-10-8-11(14(15)16)5-6-12(10)17-2/h5-6,8,13H,7,9H2,1-2H3. The van der Waals surface area contributed by atoms with Crippen LogP contribution in [0.2, 0.25) is 0 Å². The quantitative estimate of drug-likeness (QED) is 0.364. The Hall–Kier alpha value is -2.06. The van der Waals surface area contributed by atoms with Gasteiger partial charge in [0.1, 0.15) is 5.75 Å². The fourth-order valence-corrected chi connectivity index (χ4v) is 1.36. The van der Waals surface area contributed by atoms with Crippen LogP contribution in [-0.4, -0.2) is 18.6 Å². The predicted molar refractivity (Wildman–Crippen MR) is 64.8 cm³/mol. The van der Waals surface area contributed by atoms with E-state index in [9.17, 15) is 10.1 Å². The number of nitrogens with one attached hydrogen (secondary N) is 1. The highest BCUT2D eigenvalue weighted by molar-refractivity contribution is 5.43. The summed E-state index contributed by atoms with van der Waals surface area (Å²) in [4.78, 5) is 10.2. The zero-order valence-corrected chi connectivity index (χ0v) is 9.82. The van der Waals surface area contributed by atoms with Gasteiger partial charge in [-0.3, -0.25) is 10.1 Å². The number of nitro groups is 1. The van der Waals surface area contributed by atoms with Crippen LogP contribution in [0.5, 0.6) is 5.75 Å². The lowest BCUT2D eigenvalue weighted by molar-refractivity contribution is -0.384. The lowest BCUT2D eigenvalue weighted by Gasteiger charge is -2.08. The van der Waals surface area contributed by atoms with Crippen LogP contribution in [0.1, 0.15) is 12.5 Å². The van der Waals surface area contributed by atoms with E-state index < -0.39 is 4.92 Å². The van der Waals surface area contributed by atoms with Crippen LogP contribution in [-0.2, 0) is 6.54 Å². The van der Waals surface area contributed by atoms with E-state index in [4.69, 9.17) is 4.74 Å². The normalized spacial score (nSPS) is 9.29. The van der Waals surface area contributed by atoms with Gasteiger partial charge in [0.2, 0.25) is 0 Å². The van der Waals surface area contributed by atoms with Crippen LogP contribution in [0, 0.1) is 22.0 Å². The molecule has 0 aromatic heterocycles. The van der Waals surface area contributed by atoms with Gasteiger partial charge < -0.3 is 10.1 Å². The Morgan fingerprint density at radius 1 is 1.53 bits per heavy atom. The summed E-state index contributed by atoms with van der Waals surface area (Å²) in [6, 6.07) is 4.53. The number of ether oxygens (including phenoxy) is 1. The monoisotopic (exact) mass is 234 g/mol. The Balaban J connectivity index is 2.81. The number of hydrogen-bond donors (Lipinski definition) is 1. The number of nitro benzene ring substituents is 1. The van der Waals surface area contributed by atoms with Crippen molar-refractivity contribution in [2.75, 3.05) is 13.7 Å². The van der Waals surface area contributed by atoms with Crippen LogP contribution in [0.15, 0.2) is 18.2 Å². The van der Waals surface area contributed by atoms with E-state index in [-0.39, 0.29) is 5.69 Å². The molecule has 1 N–H and O–H groups in total. The number of non-ortho nitro benzene ring substituents is 1. The molecule has 0 saturated carbocycles. The molecule has 1 aromatic rings. The maximum absolute atomic E-state index is 10.7. The van der Waals surface area contributed by atoms with Gasteiger partial charge in [-0.05, 0) is 13.0 Å². The van der Waals surface area contributed by atoms with Crippen molar-refractivity contribution in [1.82, 2.24) is 5.32 Å². The minimum absolute atomic E-state index is 0.0594. The largest absolute Gasteiger partial charge is 0.496 e. The lowest BCUT2D eigenvalue weighted by atomic mass is 10.1. The molecule has 0 aliphatic rings. The van der Waals surface area contributed by atoms with E-state index in [1.807, 2.05) is 0 Å². The van der Waals surface area contributed by atoms with Gasteiger partial charge in [0.25, 0.3) is 5.69 Å². The fourth-order valence-electron chi connectivity index (χ4n) is 1.36. The second kappa shape index (κ2) is 6.51. The maximum Gasteiger partial charge on any atom is 0.270 e. The minimum atomic E-state index is -0.422. The summed E-state index contributed by atoms with van der Waals surface area (Å²) >= 11 is 0. The van der Waals surface area contributed by atoms with Crippen molar-refractivity contribution in [2.24, 2.45) is 0 Å². The van der Waals surface area contributed by atoms with Crippen molar-refractivity contribution >= 4 is 5.69 Å². The third-order valence-electron chi connectivity index (χ3n) is 2.18. The molecule has 0 fully saturated rings. The minimum Gasteiger partial charge on any atom is -0.496 e. The first-order valence-electron chi connectivity index (χ1n) is 5.10. The molecule has 0 spiro atoms. The molecular weight excluding hydrogens is 220 g/mol. The van der Waals surface area contributed by atoms with Gasteiger partial charge in [0.15, 0.2) is 0 Å². The Morgan fingerprint density at radius 3 is 2.88 bits per heavy atom. The van der Waals surface area contributed by atoms with Crippen molar-refractivity contribution < 1.29 is 9.66 Å². The van der Waals surface area contributed by atoms with Crippen molar-refractivity contribution in [1.29, 1.82) is 0 Å². The highest BCUT2D eigenvalue weighted by Gasteiger charge is 2.10. The predicted octanol–water partition coefficient (Wildman–Crippen LogP) is 1.72. The molecule has 5 nitrogen and oxygen atoms in total. The Kier molecular flexibility index (Phi) is 4.98. The summed E-state index contributed by atoms with van der Waals surface area (Å²) in [6.45, 7) is 2.79. The van der Waals surface area contributed by atoms with E-state index in [1.165, 1.54) is 19.2 Å². The fraction of sp³-hybridized carbons (Fsp3) is 0.333. The lowest BCUT2D eigenvalue weighted by Crippen LogP contribution is -2.14. The third kappa shape index (κ3) is 3.78. The molecule has 17 heavy (non-hydrogen) atoms. The van der Waals surface area contributed by atoms with E-state index in [0.29, 0.717) is 18.8 Å². The molecule has 90 valence electrons. The van der Waals surface area contributed by atoms with E-state index in [1.54, 1.807) is 13.0 Å². The first-order chi connectivity index (χ1) is 8.19. The molecule has 0 heterocycles. The van der Waals surface area contributed by atoms with Crippen molar-refractivity contribution in [3.8, 4) is 17.6 Å². The summed E-state index contributed by atoms with van der Waals surface area (Å²) in [5, 5.41) is 13.7. The van der Waals surface area contributed by atoms with Gasteiger partial charge in [-0.2, -0.15) is 0 Å². The van der Waals surface area contributed by atoms with Crippen LogP contribution >= 0.6 is 0 Å². The Bertz CT molecular complexity index is 461. The smallest absolute Gasteiger partial charge is 0.270 e. The third-order valence-corrected chi connectivity index (χ3v) is 2.18. The molecule has 0 unspecified atom stereocenters. The first kappa shape index (κ1) is 13.0. The van der Waals surface area contributed by atoms with Gasteiger partial charge in [-0.1, -0.05) is 5.92 Å². The van der Waals surface area contributed by atoms with Gasteiger partial charge in [0.05, 0.1) is 18.6 Å². The van der Waals surface area contributed by atoms with Crippen molar-refractivity contribution in [3.63, 3.8) is 0 Å². The molecule has 0 aliphatic heterocycles. The maximum atomic E-state index is 10.7. The Labute approximate surface area is 99.9 Å². The molecule has 0 amide bonds. The summed E-state index contributed by atoms with van der Waals surface area (Å²) < 4.78 is 5.14. The molecule has 0 saturated heterocycles. The summed E-state index contributed by atoms with van der Waals surface area (Å²) in [7, 11) is 1.54. The molecule has 0 radical (unpaired) electrons. The van der Waals surface area contributed by atoms with E-state index in [0.717, 1.165) is 5.56 Å². The van der Waals surface area contributed by atoms with Crippen LogP contribution < -0.4 is 10.1 Å². The molecule has 0 aliphatic carbocycles. The highest BCUT2D eigenvalue weighted by Crippen LogP contribution is 2.23. The molecule has 1 aromatic carbocycles. The summed E-state index contributed by atoms with van der Waals surface area (Å²) in [5.41, 5.74) is 0.809. The van der Waals surface area contributed by atoms with Crippen LogP contribution in [0.25, 0.3) is 0 Å². The summed E-state index contributed by atoms with van der Waals surface area (Å²) in [5.74, 6) is 6.25. The summed E-state index contributed by atoms with van der Waals surface area (Å²) in [6.07, 6.45) is 0. The average molecular weight is 234 g/mol. The molecule has 0 atom stereocenters. The van der Waals surface area contributed by atoms with Gasteiger partial charge >= 0.3 is 0 Å². The number of rotatable bonds is 5. The van der Waals surface area contributed by atoms with Gasteiger partial charge in [0, 0.05) is 24.2 Å². The first-order valence-corrected chi connectivity index (χ1v) is 5.10. The molecule has 0 bridgehead atoms. The van der Waals surface area contributed by atoms with E-state index >= 15 is 0 Å². The van der Waals surface area contributed by atoms with E-state index in [2.05, 4.69) is 17.2 Å². The van der Waals surface area contributed by atoms with Crippen molar-refractivity contribution in [3.05, 3.63) is 33.9 Å². The number of hydrogen-bond acceptors (Lipinski definition) is 4. The number of benzene rings is 1. The zero-order valence-electron chi connectivity index (χ0n) is 9.82. The molecule has 1 rings (SSSR count). The van der Waals surface area contributed by atoms with Crippen LogP contribution in [0.3, 0.4) is 0 Å². The second-order valence-electron chi connectivity index (χ2n) is 3.28. The van der Waals surface area contributed by atoms with Crippen molar-refractivity contribution in [2.45, 2.75) is 13.5 Å². The van der Waals surface area contributed by atoms with Crippen LogP contribution in [0.4, 0.5) is 5.69 Å². The topological polar surface area (TPSA) is 64.4 Å². The van der Waals surface area contributed by atoms with Gasteiger partial charge in [-0.25, -0.2) is 0 Å². The number of methoxy groups -OCH3 is 1. The molecule has 5 heteroatoms. The second-order valence-corrected chi connectivity index (χ2v) is 3.28. The molecular formula is C12H14N2O3. The SMILES string of the molecule is CC#CCNCc1cc([N+](=O)[O-])ccc1OC. The van der Waals surface area contributed by atoms with Gasteiger partial charge in [-0.15, -0.1) is 5.92 Å². The zero-order chi connectivity index (χ0) is 12.7.